The van der Waals surface area contributed by atoms with Crippen LogP contribution in [0.4, 0.5) is 0 Å². The van der Waals surface area contributed by atoms with Crippen LogP contribution in [0.1, 0.15) is 32.6 Å². The van der Waals surface area contributed by atoms with Crippen molar-refractivity contribution in [2.75, 3.05) is 19.6 Å². The maximum absolute atomic E-state index is 12.5. The fourth-order valence-corrected chi connectivity index (χ4v) is 4.39. The molecular weight excluding hydrogens is 360 g/mol. The van der Waals surface area contributed by atoms with Crippen molar-refractivity contribution in [3.05, 3.63) is 16.1 Å². The first-order valence-electron chi connectivity index (χ1n) is 9.68. The summed E-state index contributed by atoms with van der Waals surface area (Å²) in [5, 5.41) is 27.1. The van der Waals surface area contributed by atoms with Gasteiger partial charge >= 0.3 is 0 Å². The van der Waals surface area contributed by atoms with Crippen molar-refractivity contribution in [1.82, 2.24) is 16.0 Å². The molecule has 0 aromatic carbocycles. The Hall–Kier alpha value is -2.78. The van der Waals surface area contributed by atoms with Crippen molar-refractivity contribution in [3.63, 3.8) is 0 Å². The zero-order valence-corrected chi connectivity index (χ0v) is 15.9. The second kappa shape index (κ2) is 8.49. The van der Waals surface area contributed by atoms with Crippen LogP contribution in [0.15, 0.2) is 11.1 Å². The minimum Gasteiger partial charge on any atom is -0.349 e. The molecule has 0 radical (unpaired) electrons. The number of nitrogens with zero attached hydrogens (tertiary/aromatic N) is 3. The lowest BCUT2D eigenvalue weighted by Crippen LogP contribution is -2.58. The molecule has 2 amide bonds. The molecule has 28 heavy (non-hydrogen) atoms. The van der Waals surface area contributed by atoms with Crippen molar-refractivity contribution in [3.8, 4) is 12.1 Å². The highest BCUT2D eigenvalue weighted by Crippen LogP contribution is 2.32. The van der Waals surface area contributed by atoms with Crippen molar-refractivity contribution >= 4 is 11.8 Å². The average Bonchev–Trinajstić information content (AvgIpc) is 2.69. The van der Waals surface area contributed by atoms with Crippen LogP contribution in [0.5, 0.6) is 0 Å². The van der Waals surface area contributed by atoms with Gasteiger partial charge in [0.1, 0.15) is 12.0 Å². The van der Waals surface area contributed by atoms with E-state index in [4.69, 9.17) is 5.26 Å². The van der Waals surface area contributed by atoms with Gasteiger partial charge < -0.3 is 16.0 Å². The molecule has 3 N–H and O–H groups in total. The van der Waals surface area contributed by atoms with Crippen LogP contribution in [-0.4, -0.2) is 54.3 Å². The number of carbonyl (C=O) groups is 2. The van der Waals surface area contributed by atoms with Crippen molar-refractivity contribution < 1.29 is 14.3 Å². The van der Waals surface area contributed by atoms with Gasteiger partial charge in [0.2, 0.25) is 24.4 Å². The Morgan fingerprint density at radius 1 is 1.29 bits per heavy atom. The number of piperidine rings is 2. The molecule has 9 heteroatoms. The largest absolute Gasteiger partial charge is 0.349 e. The number of nitriles is 2. The van der Waals surface area contributed by atoms with E-state index in [-0.39, 0.29) is 61.3 Å². The number of nitroso groups, excluding NO2 is 1. The van der Waals surface area contributed by atoms with Crippen LogP contribution in [0.25, 0.3) is 0 Å². The first-order chi connectivity index (χ1) is 13.4. The molecule has 0 spiro atoms. The second-order valence-electron chi connectivity index (χ2n) is 7.75. The predicted molar refractivity (Wildman–Crippen MR) is 98.4 cm³/mol. The van der Waals surface area contributed by atoms with Crippen LogP contribution < -0.4 is 16.0 Å². The van der Waals surface area contributed by atoms with E-state index >= 15 is 0 Å². The number of amides is 2. The highest BCUT2D eigenvalue weighted by atomic mass is 16.3. The van der Waals surface area contributed by atoms with Gasteiger partial charge in [-0.15, -0.1) is 0 Å². The zero-order chi connectivity index (χ0) is 20.3. The standard InChI is InChI=1S/C19H24N6O3/c1-11-14(19(27)24-15-4-5-22-16(8-21)18(11)15)6-17(26)23-9-13-3-2-12(7-20)10-25(13)28/h12-13,15-16,18,22H,2-6,9-10H2,1H3,(H-,23,24,26,27)/p+1. The molecule has 0 saturated carbocycles. The van der Waals surface area contributed by atoms with Crippen LogP contribution in [-0.2, 0) is 9.59 Å². The summed E-state index contributed by atoms with van der Waals surface area (Å²) in [6.07, 6.45) is 1.87. The Morgan fingerprint density at radius 2 is 2.07 bits per heavy atom. The Bertz CT molecular complexity index is 792. The summed E-state index contributed by atoms with van der Waals surface area (Å²) in [6.45, 7) is 2.85. The summed E-state index contributed by atoms with van der Waals surface area (Å²) in [7, 11) is 0. The highest BCUT2D eigenvalue weighted by Gasteiger charge is 2.41. The van der Waals surface area contributed by atoms with Gasteiger partial charge in [-0.05, 0) is 26.3 Å². The average molecular weight is 385 g/mol. The van der Waals surface area contributed by atoms with E-state index in [9.17, 15) is 19.8 Å². The maximum Gasteiger partial charge on any atom is 0.247 e. The fourth-order valence-electron chi connectivity index (χ4n) is 4.39. The molecule has 0 bridgehead atoms. The molecule has 148 valence electrons. The minimum absolute atomic E-state index is 0.0779. The summed E-state index contributed by atoms with van der Waals surface area (Å²) >= 11 is 0. The molecule has 3 heterocycles. The van der Waals surface area contributed by atoms with E-state index in [2.05, 4.69) is 28.1 Å². The molecule has 3 aliphatic rings. The third kappa shape index (κ3) is 4.05. The predicted octanol–water partition coefficient (Wildman–Crippen LogP) is -0.110. The van der Waals surface area contributed by atoms with E-state index in [1.54, 1.807) is 0 Å². The van der Waals surface area contributed by atoms with Gasteiger partial charge in [0.25, 0.3) is 0 Å². The highest BCUT2D eigenvalue weighted by molar-refractivity contribution is 6.00. The van der Waals surface area contributed by atoms with Crippen LogP contribution in [0, 0.1) is 39.4 Å². The Morgan fingerprint density at radius 3 is 2.75 bits per heavy atom. The van der Waals surface area contributed by atoms with Crippen molar-refractivity contribution in [2.24, 2.45) is 11.8 Å². The summed E-state index contributed by atoms with van der Waals surface area (Å²) in [6, 6.07) is 3.53. The summed E-state index contributed by atoms with van der Waals surface area (Å²) in [5.74, 6) is -0.977. The van der Waals surface area contributed by atoms with Gasteiger partial charge in [-0.1, -0.05) is 5.57 Å². The third-order valence-electron chi connectivity index (χ3n) is 6.03. The second-order valence-corrected chi connectivity index (χ2v) is 7.75. The number of hydrogen-bond acceptors (Lipinski definition) is 6. The number of nitrogens with one attached hydrogen (secondary N) is 3. The molecule has 5 atom stereocenters. The van der Waals surface area contributed by atoms with Gasteiger partial charge in [0.05, 0.1) is 25.1 Å². The molecule has 2 saturated heterocycles. The Kier molecular flexibility index (Phi) is 6.05. The molecule has 9 nitrogen and oxygen atoms in total. The third-order valence-corrected chi connectivity index (χ3v) is 6.03. The monoisotopic (exact) mass is 385 g/mol. The summed E-state index contributed by atoms with van der Waals surface area (Å²) in [4.78, 5) is 36.9. The van der Waals surface area contributed by atoms with E-state index in [0.717, 1.165) is 16.8 Å². The lowest BCUT2D eigenvalue weighted by molar-refractivity contribution is -0.598. The number of rotatable bonds is 4. The van der Waals surface area contributed by atoms with E-state index in [0.29, 0.717) is 25.0 Å². The minimum atomic E-state index is -0.387. The van der Waals surface area contributed by atoms with Crippen molar-refractivity contribution in [1.29, 1.82) is 10.5 Å². The molecule has 0 aromatic rings. The lowest BCUT2D eigenvalue weighted by Gasteiger charge is -2.41. The van der Waals surface area contributed by atoms with E-state index in [1.165, 1.54) is 0 Å². The Labute approximate surface area is 163 Å². The SMILES string of the molecule is CC1=C(CC(=O)NCC2CCC(C#N)C[N+]2=O)C(=O)NC2CCNC(C#N)C12. The normalized spacial score (nSPS) is 32.6. The Balaban J connectivity index is 1.61. The van der Waals surface area contributed by atoms with Crippen LogP contribution in [0.2, 0.25) is 0 Å². The molecule has 0 aromatic heterocycles. The van der Waals surface area contributed by atoms with Gasteiger partial charge in [-0.2, -0.15) is 10.5 Å². The lowest BCUT2D eigenvalue weighted by atomic mass is 9.76. The maximum atomic E-state index is 12.5. The summed E-state index contributed by atoms with van der Waals surface area (Å²) in [5.41, 5.74) is 1.18. The van der Waals surface area contributed by atoms with Gasteiger partial charge in [-0.3, -0.25) is 9.59 Å². The number of fused-ring (bicyclic) bond motifs is 1. The van der Waals surface area contributed by atoms with Crippen LogP contribution >= 0.6 is 0 Å². The van der Waals surface area contributed by atoms with Crippen molar-refractivity contribution in [2.45, 2.75) is 50.7 Å². The van der Waals surface area contributed by atoms with E-state index in [1.807, 2.05) is 6.92 Å². The molecule has 2 fully saturated rings. The van der Waals surface area contributed by atoms with Crippen LogP contribution in [0.3, 0.4) is 0 Å². The molecule has 0 aliphatic carbocycles. The van der Waals surface area contributed by atoms with Gasteiger partial charge in [0.15, 0.2) is 0 Å². The topological polar surface area (TPSA) is 138 Å². The molecular formula is C19H25N6O3+. The van der Waals surface area contributed by atoms with E-state index < -0.39 is 0 Å². The number of carbonyl (C=O) groups excluding carboxylic acids is 2. The first kappa shape index (κ1) is 20.0. The number of hydrogen-bond donors (Lipinski definition) is 3. The molecule has 3 aliphatic heterocycles. The zero-order valence-electron chi connectivity index (χ0n) is 15.9. The van der Waals surface area contributed by atoms with Gasteiger partial charge in [-0.25, -0.2) is 0 Å². The molecule has 3 rings (SSSR count). The smallest absolute Gasteiger partial charge is 0.247 e. The molecule has 5 unspecified atom stereocenters. The quantitative estimate of drug-likeness (QED) is 0.577. The first-order valence-corrected chi connectivity index (χ1v) is 9.68. The van der Waals surface area contributed by atoms with Gasteiger partial charge in [0, 0.05) is 33.6 Å². The fraction of sp³-hybridized carbons (Fsp3) is 0.684. The summed E-state index contributed by atoms with van der Waals surface area (Å²) < 4.78 is 0.866.